The molecule has 0 saturated carbocycles. The molecule has 0 aromatic heterocycles. The Bertz CT molecular complexity index is 193. The van der Waals surface area contributed by atoms with Crippen LogP contribution in [0.4, 0.5) is 0 Å². The van der Waals surface area contributed by atoms with Gasteiger partial charge in [0.05, 0.1) is 0 Å². The first-order chi connectivity index (χ1) is 5.93. The first kappa shape index (κ1) is 9.79. The third-order valence-electron chi connectivity index (χ3n) is 1.87. The second-order valence-electron chi connectivity index (χ2n) is 2.89. The predicted molar refractivity (Wildman–Crippen MR) is 57.2 cm³/mol. The summed E-state index contributed by atoms with van der Waals surface area (Å²) in [6.07, 6.45) is 4.95. The van der Waals surface area contributed by atoms with Crippen molar-refractivity contribution in [2.45, 2.75) is 25.7 Å². The molecule has 0 unspecified atom stereocenters. The maximum absolute atomic E-state index is 3.31. The van der Waals surface area contributed by atoms with Crippen LogP contribution in [0.25, 0.3) is 0 Å². The maximum atomic E-state index is 3.31. The van der Waals surface area contributed by atoms with Gasteiger partial charge in [0.2, 0.25) is 0 Å². The normalized spacial score (nSPS) is 10.1. The van der Waals surface area contributed by atoms with Crippen molar-refractivity contribution in [2.75, 3.05) is 0 Å². The van der Waals surface area contributed by atoms with E-state index in [0.29, 0.717) is 0 Å². The van der Waals surface area contributed by atoms with Gasteiger partial charge in [0.25, 0.3) is 0 Å². The Morgan fingerprint density at radius 1 is 1.08 bits per heavy atom. The van der Waals surface area contributed by atoms with Crippen molar-refractivity contribution >= 4 is 15.9 Å². The van der Waals surface area contributed by atoms with Crippen molar-refractivity contribution in [3.8, 4) is 0 Å². The zero-order valence-corrected chi connectivity index (χ0v) is 8.76. The summed E-state index contributed by atoms with van der Waals surface area (Å²) >= 11 is 3.31. The Labute approximate surface area is 83.1 Å². The van der Waals surface area contributed by atoms with Crippen LogP contribution >= 0.6 is 15.9 Å². The van der Waals surface area contributed by atoms with Crippen LogP contribution in [0.15, 0.2) is 30.3 Å². The minimum atomic E-state index is 1.17. The van der Waals surface area contributed by atoms with Crippen LogP contribution in [0.3, 0.4) is 0 Å². The number of aryl methyl sites for hydroxylation is 1. The molecule has 0 heterocycles. The molecule has 1 heteroatoms. The lowest BCUT2D eigenvalue weighted by atomic mass is 10.1. The predicted octanol–water partition coefficient (Wildman–Crippen LogP) is 3.96. The molecule has 1 radical (unpaired) electrons. The Hall–Kier alpha value is -0.300. The van der Waals surface area contributed by atoms with Crippen LogP contribution in [0, 0.1) is 5.33 Å². The van der Waals surface area contributed by atoms with E-state index in [4.69, 9.17) is 0 Å². The second-order valence-corrected chi connectivity index (χ2v) is 3.53. The summed E-state index contributed by atoms with van der Waals surface area (Å²) in [6, 6.07) is 10.7. The van der Waals surface area contributed by atoms with Crippen molar-refractivity contribution in [2.24, 2.45) is 0 Å². The molecule has 0 aliphatic rings. The Kier molecular flexibility index (Phi) is 5.09. The van der Waals surface area contributed by atoms with E-state index >= 15 is 0 Å². The number of hydrogen-bond donors (Lipinski definition) is 0. The van der Waals surface area contributed by atoms with Crippen LogP contribution in [-0.2, 0) is 6.42 Å². The van der Waals surface area contributed by atoms with Gasteiger partial charge in [-0.05, 0) is 24.8 Å². The third-order valence-corrected chi connectivity index (χ3v) is 2.33. The number of halogens is 1. The number of benzene rings is 1. The second kappa shape index (κ2) is 6.24. The highest BCUT2D eigenvalue weighted by Gasteiger charge is 1.91. The molecule has 12 heavy (non-hydrogen) atoms. The van der Waals surface area contributed by atoms with Gasteiger partial charge in [0, 0.05) is 5.33 Å². The van der Waals surface area contributed by atoms with Gasteiger partial charge in [-0.1, -0.05) is 52.7 Å². The lowest BCUT2D eigenvalue weighted by Crippen LogP contribution is -1.84. The summed E-state index contributed by atoms with van der Waals surface area (Å²) in [4.78, 5) is 0. The van der Waals surface area contributed by atoms with Crippen molar-refractivity contribution in [3.05, 3.63) is 41.2 Å². The van der Waals surface area contributed by atoms with Gasteiger partial charge in [-0.25, -0.2) is 0 Å². The van der Waals surface area contributed by atoms with Crippen LogP contribution in [0.5, 0.6) is 0 Å². The first-order valence-electron chi connectivity index (χ1n) is 4.39. The molecule has 0 amide bonds. The largest absolute Gasteiger partial charge is 0.0879 e. The van der Waals surface area contributed by atoms with Gasteiger partial charge in [-0.15, -0.1) is 0 Å². The quantitative estimate of drug-likeness (QED) is 0.666. The Morgan fingerprint density at radius 2 is 1.83 bits per heavy atom. The van der Waals surface area contributed by atoms with Crippen molar-refractivity contribution < 1.29 is 0 Å². The van der Waals surface area contributed by atoms with Gasteiger partial charge >= 0.3 is 0 Å². The average molecular weight is 226 g/mol. The molecule has 0 atom stereocenters. The molecule has 1 aromatic rings. The fourth-order valence-electron chi connectivity index (χ4n) is 1.20. The lowest BCUT2D eigenvalue weighted by Gasteiger charge is -1.99. The van der Waals surface area contributed by atoms with E-state index in [1.807, 2.05) is 0 Å². The highest BCUT2D eigenvalue weighted by atomic mass is 79.9. The molecule has 65 valence electrons. The zero-order chi connectivity index (χ0) is 8.65. The fourth-order valence-corrected chi connectivity index (χ4v) is 1.52. The number of unbranched alkanes of at least 4 members (excludes halogenated alkanes) is 2. The maximum Gasteiger partial charge on any atom is 0.0271 e. The summed E-state index contributed by atoms with van der Waals surface area (Å²) in [6.45, 7) is 0. The van der Waals surface area contributed by atoms with Crippen molar-refractivity contribution in [1.82, 2.24) is 0 Å². The average Bonchev–Trinajstić information content (AvgIpc) is 2.14. The van der Waals surface area contributed by atoms with Gasteiger partial charge in [0.1, 0.15) is 0 Å². The molecule has 1 aromatic carbocycles. The van der Waals surface area contributed by atoms with Crippen LogP contribution < -0.4 is 0 Å². The zero-order valence-electron chi connectivity index (χ0n) is 7.17. The molecule has 0 saturated heterocycles. The monoisotopic (exact) mass is 225 g/mol. The van der Waals surface area contributed by atoms with E-state index in [9.17, 15) is 0 Å². The third kappa shape index (κ3) is 3.91. The van der Waals surface area contributed by atoms with E-state index in [1.54, 1.807) is 0 Å². The smallest absolute Gasteiger partial charge is 0.0271 e. The SMILES string of the molecule is Br[CH]CCCCc1ccccc1. The van der Waals surface area contributed by atoms with Crippen LogP contribution in [-0.4, -0.2) is 0 Å². The Balaban J connectivity index is 2.16. The summed E-state index contributed by atoms with van der Waals surface area (Å²) in [5.41, 5.74) is 1.45. The number of rotatable bonds is 5. The van der Waals surface area contributed by atoms with Crippen LogP contribution in [0.2, 0.25) is 0 Å². The highest BCUT2D eigenvalue weighted by Crippen LogP contribution is 2.08. The van der Waals surface area contributed by atoms with Crippen molar-refractivity contribution in [3.63, 3.8) is 0 Å². The van der Waals surface area contributed by atoms with E-state index in [2.05, 4.69) is 51.6 Å². The van der Waals surface area contributed by atoms with Crippen LogP contribution in [0.1, 0.15) is 24.8 Å². The fraction of sp³-hybridized carbons (Fsp3) is 0.364. The molecular weight excluding hydrogens is 212 g/mol. The molecule has 0 spiro atoms. The molecular formula is C11H14Br. The molecule has 0 N–H and O–H groups in total. The van der Waals surface area contributed by atoms with Gasteiger partial charge < -0.3 is 0 Å². The summed E-state index contributed by atoms with van der Waals surface area (Å²) < 4.78 is 0. The highest BCUT2D eigenvalue weighted by molar-refractivity contribution is 9.10. The Morgan fingerprint density at radius 3 is 2.50 bits per heavy atom. The van der Waals surface area contributed by atoms with E-state index < -0.39 is 0 Å². The first-order valence-corrected chi connectivity index (χ1v) is 5.31. The van der Waals surface area contributed by atoms with E-state index in [1.165, 1.54) is 31.2 Å². The summed E-state index contributed by atoms with van der Waals surface area (Å²) in [5.74, 6) is 0. The number of hydrogen-bond acceptors (Lipinski definition) is 0. The molecule has 1 rings (SSSR count). The molecule has 0 aliphatic carbocycles. The molecule has 0 nitrogen and oxygen atoms in total. The molecule has 0 fully saturated rings. The molecule has 0 aliphatic heterocycles. The van der Waals surface area contributed by atoms with E-state index in [0.717, 1.165) is 0 Å². The van der Waals surface area contributed by atoms with Gasteiger partial charge in [0.15, 0.2) is 0 Å². The standard InChI is InChI=1S/C11H14Br/c12-10-6-2-5-9-11-7-3-1-4-8-11/h1,3-4,7-8,10H,2,5-6,9H2. The molecule has 0 bridgehead atoms. The topological polar surface area (TPSA) is 0 Å². The van der Waals surface area contributed by atoms with E-state index in [-0.39, 0.29) is 0 Å². The lowest BCUT2D eigenvalue weighted by molar-refractivity contribution is 0.743. The minimum absolute atomic E-state index is 1.17. The summed E-state index contributed by atoms with van der Waals surface area (Å²) in [7, 11) is 0. The van der Waals surface area contributed by atoms with Crippen molar-refractivity contribution in [1.29, 1.82) is 0 Å². The van der Waals surface area contributed by atoms with Gasteiger partial charge in [-0.3, -0.25) is 0 Å². The summed E-state index contributed by atoms with van der Waals surface area (Å²) in [5, 5.41) is 2.05. The minimum Gasteiger partial charge on any atom is -0.0879 e. The van der Waals surface area contributed by atoms with Gasteiger partial charge in [-0.2, -0.15) is 0 Å².